The molecule has 0 unspecified atom stereocenters. The quantitative estimate of drug-likeness (QED) is 0.737. The maximum absolute atomic E-state index is 12.3. The largest absolute Gasteiger partial charge is 0.481 e. The monoisotopic (exact) mass is 329 g/mol. The number of aliphatic carboxylic acids is 1. The maximum atomic E-state index is 12.3. The molecule has 0 aliphatic carbocycles. The fourth-order valence-electron chi connectivity index (χ4n) is 2.97. The summed E-state index contributed by atoms with van der Waals surface area (Å²) < 4.78 is 0. The van der Waals surface area contributed by atoms with Gasteiger partial charge in [-0.25, -0.2) is 0 Å². The van der Waals surface area contributed by atoms with Crippen molar-refractivity contribution in [3.05, 3.63) is 36.0 Å². The Bertz CT molecular complexity index is 742. The van der Waals surface area contributed by atoms with Crippen LogP contribution < -0.4 is 5.32 Å². The Balaban J connectivity index is 1.55. The van der Waals surface area contributed by atoms with E-state index in [0.717, 1.165) is 10.9 Å². The van der Waals surface area contributed by atoms with Gasteiger partial charge in [-0.3, -0.25) is 14.4 Å². The van der Waals surface area contributed by atoms with Crippen LogP contribution in [0.5, 0.6) is 0 Å². The minimum absolute atomic E-state index is 0.0159. The number of aromatic nitrogens is 1. The molecular weight excluding hydrogens is 310 g/mol. The van der Waals surface area contributed by atoms with Gasteiger partial charge in [0.15, 0.2) is 0 Å². The predicted octanol–water partition coefficient (Wildman–Crippen LogP) is 1.36. The Kier molecular flexibility index (Phi) is 4.50. The summed E-state index contributed by atoms with van der Waals surface area (Å²) in [5.74, 6) is -1.65. The van der Waals surface area contributed by atoms with Crippen molar-refractivity contribution in [1.29, 1.82) is 0 Å². The van der Waals surface area contributed by atoms with Crippen molar-refractivity contribution in [3.8, 4) is 0 Å². The van der Waals surface area contributed by atoms with E-state index >= 15 is 0 Å². The molecule has 1 aliphatic rings. The Hall–Kier alpha value is -2.83. The van der Waals surface area contributed by atoms with Gasteiger partial charge in [0, 0.05) is 30.0 Å². The zero-order valence-corrected chi connectivity index (χ0v) is 13.1. The highest BCUT2D eigenvalue weighted by Crippen LogP contribution is 2.16. The van der Waals surface area contributed by atoms with Gasteiger partial charge in [0.1, 0.15) is 12.1 Å². The Morgan fingerprint density at radius 1 is 1.21 bits per heavy atom. The SMILES string of the molecule is O=C(O)CC(=O)N1CCC(NC(=O)c2cc3ccccc3[nH]2)CC1. The van der Waals surface area contributed by atoms with Crippen LogP contribution in [0.15, 0.2) is 30.3 Å². The van der Waals surface area contributed by atoms with Gasteiger partial charge in [0.05, 0.1) is 0 Å². The molecule has 0 radical (unpaired) electrons. The number of fused-ring (bicyclic) bond motifs is 1. The summed E-state index contributed by atoms with van der Waals surface area (Å²) >= 11 is 0. The van der Waals surface area contributed by atoms with Crippen molar-refractivity contribution < 1.29 is 19.5 Å². The molecule has 0 saturated carbocycles. The summed E-state index contributed by atoms with van der Waals surface area (Å²) in [5.41, 5.74) is 1.43. The first-order valence-corrected chi connectivity index (χ1v) is 7.91. The zero-order chi connectivity index (χ0) is 17.1. The molecule has 2 amide bonds. The van der Waals surface area contributed by atoms with Crippen LogP contribution in [0, 0.1) is 0 Å². The number of carboxylic acid groups (broad SMARTS) is 1. The molecule has 1 aromatic heterocycles. The summed E-state index contributed by atoms with van der Waals surface area (Å²) in [6.45, 7) is 0.924. The Morgan fingerprint density at radius 2 is 1.92 bits per heavy atom. The second-order valence-electron chi connectivity index (χ2n) is 5.97. The highest BCUT2D eigenvalue weighted by molar-refractivity contribution is 5.98. The molecule has 1 saturated heterocycles. The van der Waals surface area contributed by atoms with Gasteiger partial charge in [-0.05, 0) is 25.0 Å². The molecule has 0 bridgehead atoms. The van der Waals surface area contributed by atoms with E-state index in [1.165, 1.54) is 0 Å². The van der Waals surface area contributed by atoms with Crippen molar-refractivity contribution >= 4 is 28.7 Å². The molecular formula is C17H19N3O4. The number of piperidine rings is 1. The summed E-state index contributed by atoms with van der Waals surface area (Å²) in [5, 5.41) is 12.6. The molecule has 3 N–H and O–H groups in total. The number of benzene rings is 1. The maximum Gasteiger partial charge on any atom is 0.312 e. The average molecular weight is 329 g/mol. The van der Waals surface area contributed by atoms with Crippen LogP contribution in [-0.4, -0.2) is 51.9 Å². The number of amides is 2. The van der Waals surface area contributed by atoms with Gasteiger partial charge in [-0.2, -0.15) is 0 Å². The summed E-state index contributed by atoms with van der Waals surface area (Å²) in [4.78, 5) is 39.3. The fourth-order valence-corrected chi connectivity index (χ4v) is 2.97. The number of aromatic amines is 1. The topological polar surface area (TPSA) is 102 Å². The third-order valence-electron chi connectivity index (χ3n) is 4.26. The minimum Gasteiger partial charge on any atom is -0.481 e. The fraction of sp³-hybridized carbons (Fsp3) is 0.353. The summed E-state index contributed by atoms with van der Waals surface area (Å²) in [6, 6.07) is 9.48. The van der Waals surface area contributed by atoms with Gasteiger partial charge in [-0.1, -0.05) is 18.2 Å². The molecule has 0 spiro atoms. The van der Waals surface area contributed by atoms with Gasteiger partial charge < -0.3 is 20.3 Å². The Morgan fingerprint density at radius 3 is 2.58 bits per heavy atom. The third kappa shape index (κ3) is 3.56. The smallest absolute Gasteiger partial charge is 0.312 e. The average Bonchev–Trinajstić information content (AvgIpc) is 2.99. The van der Waals surface area contributed by atoms with Crippen molar-refractivity contribution in [2.75, 3.05) is 13.1 Å². The van der Waals surface area contributed by atoms with Crippen molar-refractivity contribution in [1.82, 2.24) is 15.2 Å². The number of para-hydroxylation sites is 1. The van der Waals surface area contributed by atoms with Crippen LogP contribution in [0.25, 0.3) is 10.9 Å². The van der Waals surface area contributed by atoms with Crippen molar-refractivity contribution in [3.63, 3.8) is 0 Å². The lowest BCUT2D eigenvalue weighted by atomic mass is 10.0. The normalized spacial score (nSPS) is 15.4. The molecule has 24 heavy (non-hydrogen) atoms. The number of hydrogen-bond donors (Lipinski definition) is 3. The number of carbonyl (C=O) groups is 3. The first-order chi connectivity index (χ1) is 11.5. The van der Waals surface area contributed by atoms with E-state index in [9.17, 15) is 14.4 Å². The minimum atomic E-state index is -1.12. The Labute approximate surface area is 138 Å². The number of carboxylic acids is 1. The standard InChI is InChI=1S/C17H19N3O4/c21-15(10-16(22)23)20-7-5-12(6-8-20)18-17(24)14-9-11-3-1-2-4-13(11)19-14/h1-4,9,12,19H,5-8,10H2,(H,18,24)(H,22,23). The molecule has 1 aromatic carbocycles. The van der Waals surface area contributed by atoms with Gasteiger partial charge in [0.25, 0.3) is 5.91 Å². The van der Waals surface area contributed by atoms with Gasteiger partial charge in [-0.15, -0.1) is 0 Å². The van der Waals surface area contributed by atoms with E-state index in [1.54, 1.807) is 4.90 Å². The first kappa shape index (κ1) is 16.0. The van der Waals surface area contributed by atoms with E-state index in [1.807, 2.05) is 30.3 Å². The molecule has 0 atom stereocenters. The van der Waals surface area contributed by atoms with Crippen LogP contribution in [0.1, 0.15) is 29.8 Å². The van der Waals surface area contributed by atoms with E-state index in [0.29, 0.717) is 31.6 Å². The number of carbonyl (C=O) groups excluding carboxylic acids is 2. The lowest BCUT2D eigenvalue weighted by Crippen LogP contribution is -2.46. The van der Waals surface area contributed by atoms with E-state index in [4.69, 9.17) is 5.11 Å². The lowest BCUT2D eigenvalue weighted by Gasteiger charge is -2.32. The summed E-state index contributed by atoms with van der Waals surface area (Å²) in [7, 11) is 0. The van der Waals surface area contributed by atoms with Gasteiger partial charge in [0.2, 0.25) is 5.91 Å². The summed E-state index contributed by atoms with van der Waals surface area (Å²) in [6.07, 6.45) is 0.765. The van der Waals surface area contributed by atoms with Crippen LogP contribution in [0.2, 0.25) is 0 Å². The molecule has 2 aromatic rings. The number of hydrogen-bond acceptors (Lipinski definition) is 3. The van der Waals surface area contributed by atoms with Crippen molar-refractivity contribution in [2.24, 2.45) is 0 Å². The predicted molar refractivity (Wildman–Crippen MR) is 87.6 cm³/mol. The van der Waals surface area contributed by atoms with Gasteiger partial charge >= 0.3 is 5.97 Å². The number of nitrogens with zero attached hydrogens (tertiary/aromatic N) is 1. The van der Waals surface area contributed by atoms with E-state index in [2.05, 4.69) is 10.3 Å². The number of H-pyrrole nitrogens is 1. The van der Waals surface area contributed by atoms with E-state index in [-0.39, 0.29) is 17.9 Å². The molecule has 7 nitrogen and oxygen atoms in total. The zero-order valence-electron chi connectivity index (χ0n) is 13.1. The van der Waals surface area contributed by atoms with Crippen LogP contribution in [0.3, 0.4) is 0 Å². The number of rotatable bonds is 4. The molecule has 126 valence electrons. The molecule has 1 aliphatic heterocycles. The number of likely N-dealkylation sites (tertiary alicyclic amines) is 1. The highest BCUT2D eigenvalue weighted by atomic mass is 16.4. The van der Waals surface area contributed by atoms with Crippen LogP contribution >= 0.6 is 0 Å². The second-order valence-corrected chi connectivity index (χ2v) is 5.97. The van der Waals surface area contributed by atoms with Crippen LogP contribution in [0.4, 0.5) is 0 Å². The number of nitrogens with one attached hydrogen (secondary N) is 2. The molecule has 7 heteroatoms. The van der Waals surface area contributed by atoms with Crippen LogP contribution in [-0.2, 0) is 9.59 Å². The third-order valence-corrected chi connectivity index (χ3v) is 4.26. The molecule has 3 rings (SSSR count). The molecule has 2 heterocycles. The van der Waals surface area contributed by atoms with Crippen molar-refractivity contribution in [2.45, 2.75) is 25.3 Å². The lowest BCUT2D eigenvalue weighted by molar-refractivity contribution is -0.144. The second kappa shape index (κ2) is 6.74. The van der Waals surface area contributed by atoms with E-state index < -0.39 is 12.4 Å². The molecule has 1 fully saturated rings. The first-order valence-electron chi connectivity index (χ1n) is 7.91. The highest BCUT2D eigenvalue weighted by Gasteiger charge is 2.25.